The largest absolute Gasteiger partial charge is 0.469 e. The third kappa shape index (κ3) is 7.41. The molecule has 2 aromatic heterocycles. The maximum absolute atomic E-state index is 13.4. The number of carbonyl (C=O) groups excluding carboxylic acids is 3. The first-order valence-corrected chi connectivity index (χ1v) is 13.5. The topological polar surface area (TPSA) is 98.5 Å². The number of thioether (sulfide) groups is 1. The van der Waals surface area contributed by atoms with Gasteiger partial charge in [-0.1, -0.05) is 66.4 Å². The van der Waals surface area contributed by atoms with Crippen LogP contribution in [0.1, 0.15) is 21.7 Å². The van der Waals surface area contributed by atoms with Crippen LogP contribution in [0, 0.1) is 5.92 Å². The van der Waals surface area contributed by atoms with E-state index >= 15 is 0 Å². The van der Waals surface area contributed by atoms with E-state index in [0.717, 1.165) is 27.9 Å². The van der Waals surface area contributed by atoms with Crippen molar-refractivity contribution in [3.05, 3.63) is 101 Å². The smallest absolute Gasteiger partial charge is 0.328 e. The predicted octanol–water partition coefficient (Wildman–Crippen LogP) is 5.04. The molecule has 4 aromatic rings. The molecular formula is C28H26N2O5S2. The van der Waals surface area contributed by atoms with E-state index < -0.39 is 17.9 Å². The van der Waals surface area contributed by atoms with Crippen molar-refractivity contribution >= 4 is 40.1 Å². The summed E-state index contributed by atoms with van der Waals surface area (Å²) in [6, 6.07) is 19.3. The number of furan rings is 1. The zero-order valence-corrected chi connectivity index (χ0v) is 21.8. The lowest BCUT2D eigenvalue weighted by atomic mass is 10.0. The van der Waals surface area contributed by atoms with Crippen molar-refractivity contribution < 1.29 is 23.5 Å². The second-order valence-electron chi connectivity index (χ2n) is 8.27. The lowest BCUT2D eigenvalue weighted by Gasteiger charge is -2.21. The number of nitrogens with one attached hydrogen (secondary N) is 1. The van der Waals surface area contributed by atoms with E-state index in [1.807, 2.05) is 35.7 Å². The lowest BCUT2D eigenvalue weighted by molar-refractivity contribution is -0.145. The molecule has 0 spiro atoms. The summed E-state index contributed by atoms with van der Waals surface area (Å²) >= 11 is 2.62. The normalized spacial score (nSPS) is 12.5. The Balaban J connectivity index is 1.45. The third-order valence-corrected chi connectivity index (χ3v) is 7.59. The Kier molecular flexibility index (Phi) is 9.29. The van der Waals surface area contributed by atoms with Crippen molar-refractivity contribution in [3.8, 4) is 10.6 Å². The summed E-state index contributed by atoms with van der Waals surface area (Å²) in [6.45, 7) is 0. The number of nitrogens with zero attached hydrogens (tertiary/aromatic N) is 1. The molecule has 2 heterocycles. The summed E-state index contributed by atoms with van der Waals surface area (Å²) in [4.78, 5) is 42.9. The van der Waals surface area contributed by atoms with Crippen molar-refractivity contribution in [2.75, 3.05) is 12.9 Å². The van der Waals surface area contributed by atoms with E-state index in [-0.39, 0.29) is 23.2 Å². The van der Waals surface area contributed by atoms with Crippen LogP contribution in [0.2, 0.25) is 0 Å². The highest BCUT2D eigenvalue weighted by Gasteiger charge is 2.28. The second kappa shape index (κ2) is 13.0. The van der Waals surface area contributed by atoms with Gasteiger partial charge in [0.1, 0.15) is 16.8 Å². The fourth-order valence-electron chi connectivity index (χ4n) is 3.74. The number of ether oxygens (including phenoxy) is 1. The SMILES string of the molecule is COC(=O)[C@H](Cc1ccc(-c2nccs2)cc1)NC(=O)C(CSC(=O)c1ccccc1)Cc1ccco1. The molecule has 37 heavy (non-hydrogen) atoms. The molecule has 0 aliphatic heterocycles. The molecule has 0 aliphatic rings. The molecule has 1 N–H and O–H groups in total. The minimum absolute atomic E-state index is 0.123. The van der Waals surface area contributed by atoms with E-state index in [0.29, 0.717) is 17.7 Å². The first-order chi connectivity index (χ1) is 18.0. The van der Waals surface area contributed by atoms with Gasteiger partial charge in [0.25, 0.3) is 0 Å². The van der Waals surface area contributed by atoms with Gasteiger partial charge in [-0.05, 0) is 17.7 Å². The highest BCUT2D eigenvalue weighted by Crippen LogP contribution is 2.23. The van der Waals surface area contributed by atoms with Gasteiger partial charge in [-0.2, -0.15) is 0 Å². The molecule has 4 rings (SSSR count). The molecule has 9 heteroatoms. The molecule has 0 radical (unpaired) electrons. The third-order valence-electron chi connectivity index (χ3n) is 5.70. The molecule has 0 aliphatic carbocycles. The highest BCUT2D eigenvalue weighted by atomic mass is 32.2. The van der Waals surface area contributed by atoms with Gasteiger partial charge in [-0.15, -0.1) is 11.3 Å². The number of rotatable bonds is 11. The number of thiazole rings is 1. The van der Waals surface area contributed by atoms with Crippen LogP contribution in [0.3, 0.4) is 0 Å². The zero-order valence-electron chi connectivity index (χ0n) is 20.2. The van der Waals surface area contributed by atoms with Gasteiger partial charge in [-0.3, -0.25) is 9.59 Å². The van der Waals surface area contributed by atoms with Gasteiger partial charge < -0.3 is 14.5 Å². The van der Waals surface area contributed by atoms with Crippen LogP contribution in [-0.4, -0.2) is 40.9 Å². The van der Waals surface area contributed by atoms with Gasteiger partial charge in [0.2, 0.25) is 11.0 Å². The molecule has 0 saturated heterocycles. The van der Waals surface area contributed by atoms with Crippen LogP contribution in [0.15, 0.2) is 89.0 Å². The Morgan fingerprint density at radius 1 is 1.03 bits per heavy atom. The van der Waals surface area contributed by atoms with E-state index in [1.165, 1.54) is 7.11 Å². The van der Waals surface area contributed by atoms with Gasteiger partial charge in [-0.25, -0.2) is 9.78 Å². The molecule has 0 fully saturated rings. The van der Waals surface area contributed by atoms with Crippen molar-refractivity contribution in [1.82, 2.24) is 10.3 Å². The first-order valence-electron chi connectivity index (χ1n) is 11.6. The van der Waals surface area contributed by atoms with Crippen molar-refractivity contribution in [1.29, 1.82) is 0 Å². The van der Waals surface area contributed by atoms with E-state index in [4.69, 9.17) is 9.15 Å². The van der Waals surface area contributed by atoms with Crippen LogP contribution in [-0.2, 0) is 27.2 Å². The van der Waals surface area contributed by atoms with Gasteiger partial charge >= 0.3 is 5.97 Å². The molecule has 2 atom stereocenters. The molecule has 1 amide bonds. The van der Waals surface area contributed by atoms with Crippen molar-refractivity contribution in [3.63, 3.8) is 0 Å². The number of aromatic nitrogens is 1. The van der Waals surface area contributed by atoms with Crippen LogP contribution >= 0.6 is 23.1 Å². The molecule has 0 bridgehead atoms. The van der Waals surface area contributed by atoms with Crippen LogP contribution in [0.25, 0.3) is 10.6 Å². The maximum Gasteiger partial charge on any atom is 0.328 e. The predicted molar refractivity (Wildman–Crippen MR) is 144 cm³/mol. The summed E-state index contributed by atoms with van der Waals surface area (Å²) in [5, 5.41) is 5.55. The number of hydrogen-bond acceptors (Lipinski definition) is 8. The summed E-state index contributed by atoms with van der Waals surface area (Å²) in [5.74, 6) is -0.623. The number of methoxy groups -OCH3 is 1. The fraction of sp³-hybridized carbons (Fsp3) is 0.214. The fourth-order valence-corrected chi connectivity index (χ4v) is 5.31. The Labute approximate surface area is 223 Å². The minimum Gasteiger partial charge on any atom is -0.469 e. The Bertz CT molecular complexity index is 1290. The van der Waals surface area contributed by atoms with E-state index in [1.54, 1.807) is 60.2 Å². The summed E-state index contributed by atoms with van der Waals surface area (Å²) in [5.41, 5.74) is 2.42. The number of carbonyl (C=O) groups is 3. The second-order valence-corrected chi connectivity index (χ2v) is 10.2. The van der Waals surface area contributed by atoms with Gasteiger partial charge in [0, 0.05) is 41.3 Å². The highest BCUT2D eigenvalue weighted by molar-refractivity contribution is 8.14. The molecule has 190 valence electrons. The summed E-state index contributed by atoms with van der Waals surface area (Å²) < 4.78 is 10.4. The Morgan fingerprint density at radius 2 is 1.81 bits per heavy atom. The van der Waals surface area contributed by atoms with E-state index in [9.17, 15) is 14.4 Å². The Hall–Kier alpha value is -3.69. The molecular weight excluding hydrogens is 508 g/mol. The zero-order chi connectivity index (χ0) is 26.0. The minimum atomic E-state index is -0.878. The standard InChI is InChI=1S/C28H26N2O5S2/c1-34-27(32)24(16-19-9-11-20(12-10-19)26-29-13-15-36-26)30-25(31)22(17-23-8-5-14-35-23)18-37-28(33)21-6-3-2-4-7-21/h2-15,22,24H,16-18H2,1H3,(H,30,31)/t22?,24-/m0/s1. The monoisotopic (exact) mass is 534 g/mol. The van der Waals surface area contributed by atoms with Crippen LogP contribution in [0.5, 0.6) is 0 Å². The molecule has 1 unspecified atom stereocenters. The van der Waals surface area contributed by atoms with Crippen molar-refractivity contribution in [2.45, 2.75) is 18.9 Å². The number of amides is 1. The van der Waals surface area contributed by atoms with Gasteiger partial charge in [0.05, 0.1) is 19.3 Å². The number of benzene rings is 2. The molecule has 2 aromatic carbocycles. The lowest BCUT2D eigenvalue weighted by Crippen LogP contribution is -2.46. The number of hydrogen-bond donors (Lipinski definition) is 1. The van der Waals surface area contributed by atoms with E-state index in [2.05, 4.69) is 10.3 Å². The quantitative estimate of drug-likeness (QED) is 0.269. The first kappa shape index (κ1) is 26.4. The van der Waals surface area contributed by atoms with Crippen LogP contribution in [0.4, 0.5) is 0 Å². The summed E-state index contributed by atoms with van der Waals surface area (Å²) in [6.07, 6.45) is 3.85. The van der Waals surface area contributed by atoms with Gasteiger partial charge in [0.15, 0.2) is 0 Å². The van der Waals surface area contributed by atoms with Crippen molar-refractivity contribution in [2.24, 2.45) is 5.92 Å². The molecule has 0 saturated carbocycles. The molecule has 7 nitrogen and oxygen atoms in total. The number of esters is 1. The maximum atomic E-state index is 13.4. The van der Waals surface area contributed by atoms with Crippen LogP contribution < -0.4 is 5.32 Å². The Morgan fingerprint density at radius 3 is 2.46 bits per heavy atom. The average molecular weight is 535 g/mol. The summed E-state index contributed by atoms with van der Waals surface area (Å²) in [7, 11) is 1.29. The average Bonchev–Trinajstić information content (AvgIpc) is 3.66.